The van der Waals surface area contributed by atoms with Crippen LogP contribution in [0.3, 0.4) is 0 Å². The predicted octanol–water partition coefficient (Wildman–Crippen LogP) is 1.45. The standard InChI is InChI=1S/C22H22N6O5S/c1-14-10-20(27-33-14)26-22(30)19-5-3-4-18(25-19)21(29)23-11-15-12-24-28(13-15)16-6-8-17(9-7-16)34(2,31)32/h3-9,12-14H,10-11H2,1-2H3,(H,23,29)(H,26,27,30). The molecule has 0 aliphatic carbocycles. The number of hydrogen-bond donors (Lipinski definition) is 2. The first-order chi connectivity index (χ1) is 16.2. The van der Waals surface area contributed by atoms with Crippen LogP contribution in [0.25, 0.3) is 5.69 Å². The van der Waals surface area contributed by atoms with Crippen LogP contribution in [0.5, 0.6) is 0 Å². The molecule has 0 bridgehead atoms. The van der Waals surface area contributed by atoms with Crippen molar-refractivity contribution in [2.45, 2.75) is 30.9 Å². The van der Waals surface area contributed by atoms with E-state index in [1.807, 2.05) is 6.92 Å². The fourth-order valence-corrected chi connectivity index (χ4v) is 3.80. The quantitative estimate of drug-likeness (QED) is 0.541. The van der Waals surface area contributed by atoms with Gasteiger partial charge in [-0.2, -0.15) is 5.10 Å². The van der Waals surface area contributed by atoms with Crippen LogP contribution < -0.4 is 10.6 Å². The van der Waals surface area contributed by atoms with Crippen LogP contribution in [0.1, 0.15) is 39.9 Å². The van der Waals surface area contributed by atoms with E-state index >= 15 is 0 Å². The summed E-state index contributed by atoms with van der Waals surface area (Å²) >= 11 is 0. The molecule has 12 heteroatoms. The lowest BCUT2D eigenvalue weighted by Crippen LogP contribution is -2.31. The van der Waals surface area contributed by atoms with Crippen molar-refractivity contribution in [3.63, 3.8) is 0 Å². The van der Waals surface area contributed by atoms with Crippen molar-refractivity contribution in [3.05, 3.63) is 71.8 Å². The lowest BCUT2D eigenvalue weighted by atomic mass is 10.2. The van der Waals surface area contributed by atoms with Crippen LogP contribution in [-0.2, 0) is 21.2 Å². The summed E-state index contributed by atoms with van der Waals surface area (Å²) < 4.78 is 24.8. The molecule has 0 fully saturated rings. The third-order valence-electron chi connectivity index (χ3n) is 4.91. The Balaban J connectivity index is 1.36. The van der Waals surface area contributed by atoms with Gasteiger partial charge in [-0.05, 0) is 43.3 Å². The van der Waals surface area contributed by atoms with Crippen LogP contribution in [-0.4, -0.2) is 53.2 Å². The van der Waals surface area contributed by atoms with E-state index in [0.717, 1.165) is 11.8 Å². The van der Waals surface area contributed by atoms with E-state index in [1.54, 1.807) is 35.3 Å². The molecule has 4 rings (SSSR count). The van der Waals surface area contributed by atoms with E-state index in [-0.39, 0.29) is 28.9 Å². The van der Waals surface area contributed by atoms with Crippen LogP contribution >= 0.6 is 0 Å². The van der Waals surface area contributed by atoms with Crippen molar-refractivity contribution in [2.24, 2.45) is 5.16 Å². The summed E-state index contributed by atoms with van der Waals surface area (Å²) in [5.74, 6) is -0.513. The number of pyridine rings is 1. The average molecular weight is 483 g/mol. The molecule has 3 aromatic rings. The van der Waals surface area contributed by atoms with Gasteiger partial charge in [0, 0.05) is 31.0 Å². The van der Waals surface area contributed by atoms with E-state index in [0.29, 0.717) is 17.9 Å². The minimum atomic E-state index is -3.28. The number of benzene rings is 1. The molecule has 2 aromatic heterocycles. The van der Waals surface area contributed by atoms with Crippen LogP contribution in [0.4, 0.5) is 0 Å². The maximum absolute atomic E-state index is 12.6. The molecule has 0 radical (unpaired) electrons. The van der Waals surface area contributed by atoms with Gasteiger partial charge >= 0.3 is 0 Å². The molecule has 0 saturated heterocycles. The molecule has 2 amide bonds. The minimum Gasteiger partial charge on any atom is -0.391 e. The smallest absolute Gasteiger partial charge is 0.275 e. The fraction of sp³-hybridized carbons (Fsp3) is 0.227. The molecule has 176 valence electrons. The van der Waals surface area contributed by atoms with Crippen LogP contribution in [0.15, 0.2) is 64.9 Å². The van der Waals surface area contributed by atoms with Crippen LogP contribution in [0, 0.1) is 0 Å². The van der Waals surface area contributed by atoms with Crippen molar-refractivity contribution in [1.82, 2.24) is 25.4 Å². The van der Waals surface area contributed by atoms with E-state index in [1.165, 1.54) is 24.3 Å². The Morgan fingerprint density at radius 1 is 1.12 bits per heavy atom. The van der Waals surface area contributed by atoms with E-state index in [4.69, 9.17) is 4.84 Å². The molecule has 1 aliphatic heterocycles. The molecule has 1 atom stereocenters. The number of nitrogens with zero attached hydrogens (tertiary/aromatic N) is 4. The second kappa shape index (κ2) is 9.43. The highest BCUT2D eigenvalue weighted by molar-refractivity contribution is 7.90. The van der Waals surface area contributed by atoms with Crippen molar-refractivity contribution in [1.29, 1.82) is 0 Å². The van der Waals surface area contributed by atoms with Crippen molar-refractivity contribution < 1.29 is 22.8 Å². The summed E-state index contributed by atoms with van der Waals surface area (Å²) in [4.78, 5) is 34.3. The summed E-state index contributed by atoms with van der Waals surface area (Å²) in [5.41, 5.74) is 1.58. The number of oxime groups is 1. The number of amides is 2. The van der Waals surface area contributed by atoms with Gasteiger partial charge in [0.1, 0.15) is 17.5 Å². The summed E-state index contributed by atoms with van der Waals surface area (Å²) in [7, 11) is -3.28. The van der Waals surface area contributed by atoms with Crippen molar-refractivity contribution in [2.75, 3.05) is 6.26 Å². The number of rotatable bonds is 6. The average Bonchev–Trinajstić information content (AvgIpc) is 3.46. The zero-order valence-electron chi connectivity index (χ0n) is 18.4. The second-order valence-corrected chi connectivity index (χ2v) is 9.78. The first-order valence-corrected chi connectivity index (χ1v) is 12.2. The SMILES string of the molecule is CC1CC(NC(=O)c2cccc(C(=O)NCc3cnn(-c4ccc(S(C)(=O)=O)cc4)c3)n2)=NO1. The third kappa shape index (κ3) is 5.46. The Hall–Kier alpha value is -4.06. The molecular formula is C22H22N6O5S. The number of carbonyl (C=O) groups excluding carboxylic acids is 2. The Kier molecular flexibility index (Phi) is 6.41. The van der Waals surface area contributed by atoms with Crippen LogP contribution in [0.2, 0.25) is 0 Å². The summed E-state index contributed by atoms with van der Waals surface area (Å²) in [5, 5.41) is 13.4. The second-order valence-electron chi connectivity index (χ2n) is 7.76. The molecule has 2 N–H and O–H groups in total. The largest absolute Gasteiger partial charge is 0.391 e. The van der Waals surface area contributed by atoms with Gasteiger partial charge in [-0.25, -0.2) is 18.1 Å². The number of aromatic nitrogens is 3. The molecule has 3 heterocycles. The number of carbonyl (C=O) groups is 2. The van der Waals surface area contributed by atoms with E-state index in [2.05, 4.69) is 25.9 Å². The first-order valence-electron chi connectivity index (χ1n) is 10.3. The predicted molar refractivity (Wildman–Crippen MR) is 122 cm³/mol. The van der Waals surface area contributed by atoms with Gasteiger partial charge in [0.15, 0.2) is 15.7 Å². The van der Waals surface area contributed by atoms with Gasteiger partial charge in [-0.3, -0.25) is 9.59 Å². The van der Waals surface area contributed by atoms with Gasteiger partial charge in [-0.1, -0.05) is 11.2 Å². The third-order valence-corrected chi connectivity index (χ3v) is 6.04. The normalized spacial score (nSPS) is 15.4. The first kappa shape index (κ1) is 23.1. The number of sulfone groups is 1. The number of hydrogen-bond acceptors (Lipinski definition) is 8. The highest BCUT2D eigenvalue weighted by Crippen LogP contribution is 2.14. The van der Waals surface area contributed by atoms with E-state index < -0.39 is 21.7 Å². The van der Waals surface area contributed by atoms with E-state index in [9.17, 15) is 18.0 Å². The van der Waals surface area contributed by atoms with Crippen molar-refractivity contribution in [3.8, 4) is 5.69 Å². The number of nitrogens with one attached hydrogen (secondary N) is 2. The van der Waals surface area contributed by atoms with Gasteiger partial charge in [0.05, 0.1) is 16.8 Å². The summed E-state index contributed by atoms with van der Waals surface area (Å²) in [6.45, 7) is 2.02. The lowest BCUT2D eigenvalue weighted by Gasteiger charge is -2.06. The molecule has 34 heavy (non-hydrogen) atoms. The zero-order valence-corrected chi connectivity index (χ0v) is 19.2. The molecule has 0 saturated carbocycles. The molecule has 1 aromatic carbocycles. The van der Waals surface area contributed by atoms with Gasteiger partial charge < -0.3 is 15.5 Å². The summed E-state index contributed by atoms with van der Waals surface area (Å²) in [6, 6.07) is 10.9. The monoisotopic (exact) mass is 482 g/mol. The van der Waals surface area contributed by atoms with Gasteiger partial charge in [0.2, 0.25) is 0 Å². The van der Waals surface area contributed by atoms with Gasteiger partial charge in [0.25, 0.3) is 11.8 Å². The number of amidine groups is 1. The molecular weight excluding hydrogens is 460 g/mol. The lowest BCUT2D eigenvalue weighted by molar-refractivity contribution is 0.0944. The Labute approximate surface area is 195 Å². The summed E-state index contributed by atoms with van der Waals surface area (Å²) in [6.07, 6.45) is 4.84. The Morgan fingerprint density at radius 2 is 1.82 bits per heavy atom. The maximum Gasteiger partial charge on any atom is 0.275 e. The molecule has 1 unspecified atom stereocenters. The Bertz CT molecular complexity index is 1360. The van der Waals surface area contributed by atoms with Crippen molar-refractivity contribution >= 4 is 27.5 Å². The Morgan fingerprint density at radius 3 is 2.47 bits per heavy atom. The maximum atomic E-state index is 12.6. The highest BCUT2D eigenvalue weighted by atomic mass is 32.2. The molecule has 1 aliphatic rings. The molecule has 0 spiro atoms. The zero-order chi connectivity index (χ0) is 24.3. The highest BCUT2D eigenvalue weighted by Gasteiger charge is 2.20. The fourth-order valence-electron chi connectivity index (χ4n) is 3.17. The molecule has 11 nitrogen and oxygen atoms in total. The topological polar surface area (TPSA) is 145 Å². The minimum absolute atomic E-state index is 0.0836. The van der Waals surface area contributed by atoms with Gasteiger partial charge in [-0.15, -0.1) is 0 Å².